The molecule has 35 heavy (non-hydrogen) atoms. The first kappa shape index (κ1) is 32.8. The van der Waals surface area contributed by atoms with Gasteiger partial charge in [-0.25, -0.2) is 4.68 Å². The highest BCUT2D eigenvalue weighted by Crippen LogP contribution is 2.08. The van der Waals surface area contributed by atoms with E-state index < -0.39 is 0 Å². The van der Waals surface area contributed by atoms with Crippen LogP contribution >= 0.6 is 0 Å². The van der Waals surface area contributed by atoms with Crippen LogP contribution in [0.25, 0.3) is 0 Å². The summed E-state index contributed by atoms with van der Waals surface area (Å²) in [5, 5.41) is 7.94. The fraction of sp³-hybridized carbons (Fsp3) is 0.750. The van der Waals surface area contributed by atoms with Gasteiger partial charge in [0.15, 0.2) is 0 Å². The van der Waals surface area contributed by atoms with Crippen LogP contribution in [-0.2, 0) is 46.4 Å². The zero-order chi connectivity index (χ0) is 26.2. The molecule has 202 valence electrons. The summed E-state index contributed by atoms with van der Waals surface area (Å²) in [6, 6.07) is 0. The van der Waals surface area contributed by atoms with Gasteiger partial charge in [0.25, 0.3) is 11.8 Å². The number of ether oxygens (including phenoxy) is 5. The van der Waals surface area contributed by atoms with E-state index in [-0.39, 0.29) is 18.4 Å². The van der Waals surface area contributed by atoms with E-state index in [1.807, 2.05) is 27.7 Å². The number of carbonyl (C=O) groups excluding carboxylic acids is 2. The van der Waals surface area contributed by atoms with Crippen LogP contribution in [0.5, 0.6) is 0 Å². The molecule has 0 aromatic carbocycles. The molecule has 2 rings (SSSR count). The highest BCUT2D eigenvalue weighted by Gasteiger charge is 2.24. The summed E-state index contributed by atoms with van der Waals surface area (Å²) in [5.74, 6) is -0.677. The maximum absolute atomic E-state index is 11.5. The predicted octanol–water partition coefficient (Wildman–Crippen LogP) is 2.25. The van der Waals surface area contributed by atoms with Gasteiger partial charge < -0.3 is 23.7 Å². The van der Waals surface area contributed by atoms with Crippen molar-refractivity contribution in [1.29, 1.82) is 0 Å². The van der Waals surface area contributed by atoms with Gasteiger partial charge in [-0.2, -0.15) is 0 Å². The van der Waals surface area contributed by atoms with Crippen molar-refractivity contribution in [3.8, 4) is 0 Å². The average molecular weight is 501 g/mol. The van der Waals surface area contributed by atoms with Crippen LogP contribution in [0.4, 0.5) is 0 Å². The minimum absolute atomic E-state index is 0.112. The summed E-state index contributed by atoms with van der Waals surface area (Å²) < 4.78 is 28.6. The van der Waals surface area contributed by atoms with Crippen LogP contribution in [0, 0.1) is 0 Å². The first-order valence-corrected chi connectivity index (χ1v) is 12.5. The lowest BCUT2D eigenvalue weighted by molar-refractivity contribution is -0.137. The molecule has 11 heteroatoms. The molecule has 0 unspecified atom stereocenters. The van der Waals surface area contributed by atoms with E-state index in [0.29, 0.717) is 71.7 Å². The first-order valence-electron chi connectivity index (χ1n) is 12.5. The quantitative estimate of drug-likeness (QED) is 0.208. The molecule has 0 aliphatic carbocycles. The van der Waals surface area contributed by atoms with Gasteiger partial charge in [-0.15, -0.1) is 5.10 Å². The van der Waals surface area contributed by atoms with Crippen molar-refractivity contribution in [2.75, 3.05) is 66.1 Å². The molecule has 1 aromatic heterocycles. The Bertz CT molecular complexity index is 665. The number of imide groups is 1. The van der Waals surface area contributed by atoms with Crippen molar-refractivity contribution in [3.05, 3.63) is 24.0 Å². The molecule has 0 bridgehead atoms. The Morgan fingerprint density at radius 3 is 1.57 bits per heavy atom. The standard InChI is InChI=1S/C20H32N4O7.2C2H6/c1-2-6-27-8-10-29-12-14-31-15-13-30-11-9-28-7-5-23-16-18(21-22-23)17-24-19(25)3-4-20(24)26;2*1-2/h3-4,16H,2,5-15,17H2,1H3;2*1-2H3. The van der Waals surface area contributed by atoms with Gasteiger partial charge in [0.05, 0.1) is 78.7 Å². The van der Waals surface area contributed by atoms with Gasteiger partial charge in [-0.1, -0.05) is 39.8 Å². The maximum Gasteiger partial charge on any atom is 0.253 e. The smallest absolute Gasteiger partial charge is 0.253 e. The summed E-state index contributed by atoms with van der Waals surface area (Å²) in [5.41, 5.74) is 0.545. The fourth-order valence-electron chi connectivity index (χ4n) is 2.55. The minimum atomic E-state index is -0.338. The van der Waals surface area contributed by atoms with Crippen molar-refractivity contribution in [2.24, 2.45) is 0 Å². The molecule has 11 nitrogen and oxygen atoms in total. The topological polar surface area (TPSA) is 114 Å². The number of rotatable bonds is 19. The second-order valence-electron chi connectivity index (χ2n) is 6.63. The van der Waals surface area contributed by atoms with Gasteiger partial charge in [-0.05, 0) is 6.42 Å². The lowest BCUT2D eigenvalue weighted by atomic mass is 10.4. The second kappa shape index (κ2) is 23.6. The van der Waals surface area contributed by atoms with Crippen molar-refractivity contribution < 1.29 is 33.3 Å². The predicted molar refractivity (Wildman–Crippen MR) is 132 cm³/mol. The lowest BCUT2D eigenvalue weighted by Crippen LogP contribution is -2.29. The number of carbonyl (C=O) groups is 2. The van der Waals surface area contributed by atoms with E-state index in [2.05, 4.69) is 17.2 Å². The highest BCUT2D eigenvalue weighted by molar-refractivity contribution is 6.12. The third-order valence-electron chi connectivity index (χ3n) is 4.11. The Balaban J connectivity index is 0.00000274. The molecule has 0 radical (unpaired) electrons. The van der Waals surface area contributed by atoms with E-state index in [4.69, 9.17) is 23.7 Å². The number of aromatic nitrogens is 3. The van der Waals surface area contributed by atoms with Crippen LogP contribution in [0.1, 0.15) is 46.7 Å². The zero-order valence-corrected chi connectivity index (χ0v) is 22.1. The molecular weight excluding hydrogens is 456 g/mol. The van der Waals surface area contributed by atoms with Gasteiger partial charge in [-0.3, -0.25) is 14.5 Å². The van der Waals surface area contributed by atoms with E-state index in [1.54, 1.807) is 10.9 Å². The summed E-state index contributed by atoms with van der Waals surface area (Å²) in [6.07, 6.45) is 5.20. The fourth-order valence-corrected chi connectivity index (χ4v) is 2.55. The molecule has 2 amide bonds. The minimum Gasteiger partial charge on any atom is -0.379 e. The number of nitrogens with zero attached hydrogens (tertiary/aromatic N) is 4. The summed E-state index contributed by atoms with van der Waals surface area (Å²) in [4.78, 5) is 24.2. The van der Waals surface area contributed by atoms with Gasteiger partial charge in [0.2, 0.25) is 0 Å². The third kappa shape index (κ3) is 16.2. The van der Waals surface area contributed by atoms with Crippen molar-refractivity contribution in [2.45, 2.75) is 54.1 Å². The monoisotopic (exact) mass is 500 g/mol. The van der Waals surface area contributed by atoms with Crippen LogP contribution in [0.2, 0.25) is 0 Å². The Kier molecular flexibility index (Phi) is 22.1. The van der Waals surface area contributed by atoms with Gasteiger partial charge in [0.1, 0.15) is 5.69 Å². The Morgan fingerprint density at radius 2 is 1.11 bits per heavy atom. The molecule has 0 saturated heterocycles. The average Bonchev–Trinajstić information content (AvgIpc) is 3.47. The molecule has 1 aliphatic rings. The summed E-state index contributed by atoms with van der Waals surface area (Å²) in [6.45, 7) is 16.1. The SMILES string of the molecule is CC.CC.CCCOCCOCCOCCOCCOCCn1cc(CN2C(=O)C=CC2=O)nn1. The molecule has 0 fully saturated rings. The van der Waals surface area contributed by atoms with Gasteiger partial charge >= 0.3 is 0 Å². The van der Waals surface area contributed by atoms with Crippen molar-refractivity contribution in [3.63, 3.8) is 0 Å². The van der Waals surface area contributed by atoms with E-state index in [0.717, 1.165) is 17.9 Å². The Labute approximate surface area is 209 Å². The van der Waals surface area contributed by atoms with E-state index in [9.17, 15) is 9.59 Å². The third-order valence-corrected chi connectivity index (χ3v) is 4.11. The zero-order valence-electron chi connectivity index (χ0n) is 22.1. The number of hydrogen-bond acceptors (Lipinski definition) is 9. The largest absolute Gasteiger partial charge is 0.379 e. The maximum atomic E-state index is 11.5. The lowest BCUT2D eigenvalue weighted by Gasteiger charge is -2.10. The molecule has 2 heterocycles. The normalized spacial score (nSPS) is 12.4. The van der Waals surface area contributed by atoms with Crippen molar-refractivity contribution in [1.82, 2.24) is 19.9 Å². The van der Waals surface area contributed by atoms with E-state index >= 15 is 0 Å². The molecule has 0 N–H and O–H groups in total. The Hall–Kier alpha value is -2.18. The van der Waals surface area contributed by atoms with Crippen molar-refractivity contribution >= 4 is 11.8 Å². The van der Waals surface area contributed by atoms with E-state index in [1.165, 1.54) is 12.2 Å². The van der Waals surface area contributed by atoms with Crippen LogP contribution < -0.4 is 0 Å². The first-order chi connectivity index (χ1) is 17.2. The second-order valence-corrected chi connectivity index (χ2v) is 6.63. The van der Waals surface area contributed by atoms with Crippen LogP contribution in [-0.4, -0.2) is 97.8 Å². The van der Waals surface area contributed by atoms with Crippen LogP contribution in [0.15, 0.2) is 18.3 Å². The Morgan fingerprint density at radius 1 is 0.686 bits per heavy atom. The molecule has 1 aliphatic heterocycles. The molecule has 0 atom stereocenters. The molecule has 1 aromatic rings. The molecule has 0 saturated carbocycles. The van der Waals surface area contributed by atoms with Gasteiger partial charge in [0, 0.05) is 18.8 Å². The summed E-state index contributed by atoms with van der Waals surface area (Å²) in [7, 11) is 0. The number of amides is 2. The summed E-state index contributed by atoms with van der Waals surface area (Å²) >= 11 is 0. The van der Waals surface area contributed by atoms with Crippen LogP contribution in [0.3, 0.4) is 0 Å². The molecular formula is C24H44N4O7. The number of hydrogen-bond donors (Lipinski definition) is 0. The molecule has 0 spiro atoms. The highest BCUT2D eigenvalue weighted by atomic mass is 16.6.